The van der Waals surface area contributed by atoms with Crippen LogP contribution in [-0.2, 0) is 0 Å². The molecule has 0 radical (unpaired) electrons. The Morgan fingerprint density at radius 3 is 2.18 bits per heavy atom. The Kier molecular flexibility index (Phi) is 2.95. The topological polar surface area (TPSA) is 67.0 Å². The summed E-state index contributed by atoms with van der Waals surface area (Å²) in [5, 5.41) is 0. The van der Waals surface area contributed by atoms with Gasteiger partial charge in [-0.3, -0.25) is 14.4 Å². The van der Waals surface area contributed by atoms with Crippen LogP contribution in [0.2, 0.25) is 0 Å². The van der Waals surface area contributed by atoms with Gasteiger partial charge in [-0.05, 0) is 45.7 Å². The first-order valence-electron chi connectivity index (χ1n) is 4.74. The zero-order valence-corrected chi connectivity index (χ0v) is 12.2. The summed E-state index contributed by atoms with van der Waals surface area (Å²) in [6, 6.07) is 0. The van der Waals surface area contributed by atoms with Crippen molar-refractivity contribution in [2.24, 2.45) is 0 Å². The molecule has 1 aromatic rings. The highest BCUT2D eigenvalue weighted by atomic mass is 79.9. The van der Waals surface area contributed by atoms with Gasteiger partial charge in [0, 0.05) is 11.3 Å². The van der Waals surface area contributed by atoms with Gasteiger partial charge in [0.2, 0.25) is 11.6 Å². The van der Waals surface area contributed by atoms with E-state index in [0.717, 1.165) is 0 Å². The molecule has 0 amide bonds. The summed E-state index contributed by atoms with van der Waals surface area (Å²) < 4.78 is 0.322. The molecule has 0 aromatic carbocycles. The number of Topliss-reactive ketones (excluding diaryl/α,β-unsaturated/α-hetero) is 3. The van der Waals surface area contributed by atoms with Gasteiger partial charge in [-0.25, -0.2) is 0 Å². The molecule has 0 spiro atoms. The molecule has 0 saturated carbocycles. The highest BCUT2D eigenvalue weighted by molar-refractivity contribution is 9.14. The number of carbonyl (C=O) groups is 3. The van der Waals surface area contributed by atoms with Crippen molar-refractivity contribution in [3.05, 3.63) is 31.5 Å². The molecule has 17 heavy (non-hydrogen) atoms. The molecule has 1 heterocycles. The standard InChI is InChI=1S/C11H7Br2NO3/c1-3-5(4(2)15)6-9(14-3)11(17)8(13)7(12)10(6)16/h14H,1-2H3. The van der Waals surface area contributed by atoms with Crippen molar-refractivity contribution >= 4 is 49.2 Å². The number of rotatable bonds is 1. The second-order valence-electron chi connectivity index (χ2n) is 3.72. The first-order valence-corrected chi connectivity index (χ1v) is 6.33. The Balaban J connectivity index is 2.81. The number of H-pyrrole nitrogens is 1. The summed E-state index contributed by atoms with van der Waals surface area (Å²) in [7, 11) is 0. The summed E-state index contributed by atoms with van der Waals surface area (Å²) in [4.78, 5) is 38.3. The lowest BCUT2D eigenvalue weighted by Crippen LogP contribution is -2.18. The molecule has 4 nitrogen and oxygen atoms in total. The smallest absolute Gasteiger partial charge is 0.218 e. The fraction of sp³-hybridized carbons (Fsp3) is 0.182. The first kappa shape index (κ1) is 12.4. The summed E-state index contributed by atoms with van der Waals surface area (Å²) >= 11 is 6.12. The third kappa shape index (κ3) is 1.66. The summed E-state index contributed by atoms with van der Waals surface area (Å²) in [6.45, 7) is 3.03. The molecule has 0 atom stereocenters. The van der Waals surface area contributed by atoms with E-state index < -0.39 is 0 Å². The van der Waals surface area contributed by atoms with Crippen molar-refractivity contribution in [1.82, 2.24) is 4.98 Å². The Morgan fingerprint density at radius 2 is 1.65 bits per heavy atom. The van der Waals surface area contributed by atoms with Crippen LogP contribution in [0.4, 0.5) is 0 Å². The van der Waals surface area contributed by atoms with E-state index >= 15 is 0 Å². The summed E-state index contributed by atoms with van der Waals surface area (Å²) in [6.07, 6.45) is 0. The van der Waals surface area contributed by atoms with Crippen LogP contribution in [-0.4, -0.2) is 22.3 Å². The third-order valence-electron chi connectivity index (χ3n) is 2.59. The number of carbonyl (C=O) groups excluding carboxylic acids is 3. The maximum Gasteiger partial charge on any atom is 0.218 e. The molecule has 0 unspecified atom stereocenters. The first-order chi connectivity index (χ1) is 7.86. The van der Waals surface area contributed by atoms with Gasteiger partial charge in [-0.15, -0.1) is 0 Å². The van der Waals surface area contributed by atoms with E-state index in [4.69, 9.17) is 0 Å². The second-order valence-corrected chi connectivity index (χ2v) is 5.30. The van der Waals surface area contributed by atoms with Crippen molar-refractivity contribution in [3.63, 3.8) is 0 Å². The van der Waals surface area contributed by atoms with E-state index in [-0.39, 0.29) is 43.1 Å². The predicted octanol–water partition coefficient (Wildman–Crippen LogP) is 2.91. The average Bonchev–Trinajstić information content (AvgIpc) is 2.61. The highest BCUT2D eigenvalue weighted by Crippen LogP contribution is 2.35. The molecule has 88 valence electrons. The lowest BCUT2D eigenvalue weighted by molar-refractivity contribution is 0.0976. The second kappa shape index (κ2) is 4.03. The Labute approximate surface area is 114 Å². The van der Waals surface area contributed by atoms with Crippen molar-refractivity contribution in [1.29, 1.82) is 0 Å². The van der Waals surface area contributed by atoms with E-state index in [1.165, 1.54) is 6.92 Å². The van der Waals surface area contributed by atoms with Gasteiger partial charge in [-0.2, -0.15) is 0 Å². The Bertz CT molecular complexity index is 610. The van der Waals surface area contributed by atoms with Gasteiger partial charge in [0.05, 0.1) is 20.2 Å². The van der Waals surface area contributed by atoms with E-state index in [2.05, 4.69) is 36.8 Å². The lowest BCUT2D eigenvalue weighted by Gasteiger charge is -2.11. The van der Waals surface area contributed by atoms with Gasteiger partial charge in [0.1, 0.15) is 0 Å². The zero-order valence-electron chi connectivity index (χ0n) is 8.98. The molecular formula is C11H7Br2NO3. The minimum absolute atomic E-state index is 0.150. The van der Waals surface area contributed by atoms with Gasteiger partial charge in [0.25, 0.3) is 0 Å². The maximum absolute atomic E-state index is 12.1. The number of allylic oxidation sites excluding steroid dienone is 2. The lowest BCUT2D eigenvalue weighted by atomic mass is 9.96. The van der Waals surface area contributed by atoms with Gasteiger partial charge < -0.3 is 4.98 Å². The molecule has 0 fully saturated rings. The fourth-order valence-electron chi connectivity index (χ4n) is 1.88. The van der Waals surface area contributed by atoms with Crippen LogP contribution < -0.4 is 0 Å². The molecule has 0 saturated heterocycles. The van der Waals surface area contributed by atoms with Crippen molar-refractivity contribution in [2.75, 3.05) is 0 Å². The SMILES string of the molecule is CC(=O)c1c(C)[nH]c2c1C(=O)C(Br)=C(Br)C2=O. The number of hydrogen-bond acceptors (Lipinski definition) is 3. The van der Waals surface area contributed by atoms with E-state index in [9.17, 15) is 14.4 Å². The van der Waals surface area contributed by atoms with Crippen LogP contribution in [0.5, 0.6) is 0 Å². The number of aromatic nitrogens is 1. The number of ketones is 3. The molecule has 1 aromatic heterocycles. The van der Waals surface area contributed by atoms with Crippen LogP contribution in [0, 0.1) is 6.92 Å². The maximum atomic E-state index is 12.1. The van der Waals surface area contributed by atoms with Crippen LogP contribution in [0.25, 0.3) is 0 Å². The average molecular weight is 361 g/mol. The predicted molar refractivity (Wildman–Crippen MR) is 69.1 cm³/mol. The monoisotopic (exact) mass is 359 g/mol. The molecule has 1 aliphatic rings. The molecule has 2 rings (SSSR count). The number of fused-ring (bicyclic) bond motifs is 1. The number of hydrogen-bond donors (Lipinski definition) is 1. The van der Waals surface area contributed by atoms with E-state index in [1.54, 1.807) is 6.92 Å². The minimum atomic E-state index is -0.360. The zero-order chi connectivity index (χ0) is 12.9. The molecule has 1 N–H and O–H groups in total. The van der Waals surface area contributed by atoms with Gasteiger partial charge >= 0.3 is 0 Å². The summed E-state index contributed by atoms with van der Waals surface area (Å²) in [5.74, 6) is -0.928. The minimum Gasteiger partial charge on any atom is -0.355 e. The van der Waals surface area contributed by atoms with Crippen LogP contribution in [0.1, 0.15) is 43.8 Å². The van der Waals surface area contributed by atoms with Crippen LogP contribution >= 0.6 is 31.9 Å². The molecular weight excluding hydrogens is 354 g/mol. The molecule has 6 heteroatoms. The van der Waals surface area contributed by atoms with Crippen molar-refractivity contribution in [3.8, 4) is 0 Å². The van der Waals surface area contributed by atoms with Gasteiger partial charge in [0.15, 0.2) is 5.78 Å². The third-order valence-corrected chi connectivity index (χ3v) is 4.63. The van der Waals surface area contributed by atoms with Gasteiger partial charge in [-0.1, -0.05) is 0 Å². The van der Waals surface area contributed by atoms with Crippen molar-refractivity contribution in [2.45, 2.75) is 13.8 Å². The largest absolute Gasteiger partial charge is 0.355 e. The molecule has 1 aliphatic carbocycles. The van der Waals surface area contributed by atoms with E-state index in [1.807, 2.05) is 0 Å². The number of nitrogens with one attached hydrogen (secondary N) is 1. The number of aryl methyl sites for hydroxylation is 1. The van der Waals surface area contributed by atoms with Crippen LogP contribution in [0.3, 0.4) is 0 Å². The summed E-state index contributed by atoms with van der Waals surface area (Å²) in [5.41, 5.74) is 1.16. The Morgan fingerprint density at radius 1 is 1.12 bits per heavy atom. The molecule has 0 bridgehead atoms. The van der Waals surface area contributed by atoms with Crippen molar-refractivity contribution < 1.29 is 14.4 Å². The number of halogens is 2. The number of aromatic amines is 1. The highest BCUT2D eigenvalue weighted by Gasteiger charge is 2.35. The Hall–Kier alpha value is -1.01. The molecule has 0 aliphatic heterocycles. The normalized spacial score (nSPS) is 15.3. The fourth-order valence-corrected chi connectivity index (χ4v) is 2.64. The van der Waals surface area contributed by atoms with E-state index in [0.29, 0.717) is 5.69 Å². The quantitative estimate of drug-likeness (QED) is 0.783. The van der Waals surface area contributed by atoms with Crippen LogP contribution in [0.15, 0.2) is 8.96 Å².